The zero-order valence-electron chi connectivity index (χ0n) is 21.6. The first-order chi connectivity index (χ1) is 16.9. The molecule has 4 rings (SSSR count). The molecule has 5 heteroatoms. The van der Waals surface area contributed by atoms with E-state index in [2.05, 4.69) is 45.9 Å². The SMILES string of the molecule is COc1ccc(CCC(=O)O)c(-c2cccc(C(=O)O)c2)c1-c1ccc2c(c1)C(C)(C)CCC2(C)C. The summed E-state index contributed by atoms with van der Waals surface area (Å²) in [5.41, 5.74) is 7.12. The van der Waals surface area contributed by atoms with Gasteiger partial charge in [0.1, 0.15) is 5.75 Å². The predicted molar refractivity (Wildman–Crippen MR) is 142 cm³/mol. The lowest BCUT2D eigenvalue weighted by atomic mass is 9.63. The average Bonchev–Trinajstić information content (AvgIpc) is 2.84. The molecular formula is C31H34O5. The number of hydrogen-bond acceptors (Lipinski definition) is 3. The molecule has 0 heterocycles. The van der Waals surface area contributed by atoms with Crippen molar-refractivity contribution >= 4 is 11.9 Å². The maximum atomic E-state index is 11.8. The van der Waals surface area contributed by atoms with Gasteiger partial charge >= 0.3 is 11.9 Å². The number of aryl methyl sites for hydroxylation is 1. The number of carbonyl (C=O) groups is 2. The third-order valence-corrected chi connectivity index (χ3v) is 7.62. The van der Waals surface area contributed by atoms with Crippen molar-refractivity contribution in [1.29, 1.82) is 0 Å². The Hall–Kier alpha value is -3.60. The Morgan fingerprint density at radius 3 is 2.14 bits per heavy atom. The minimum atomic E-state index is -1.01. The van der Waals surface area contributed by atoms with Gasteiger partial charge < -0.3 is 14.9 Å². The topological polar surface area (TPSA) is 83.8 Å². The summed E-state index contributed by atoms with van der Waals surface area (Å²) >= 11 is 0. The maximum Gasteiger partial charge on any atom is 0.335 e. The fourth-order valence-corrected chi connectivity index (χ4v) is 5.41. The number of aromatic carboxylic acids is 1. The lowest BCUT2D eigenvalue weighted by Gasteiger charge is -2.42. The van der Waals surface area contributed by atoms with Gasteiger partial charge in [-0.25, -0.2) is 4.79 Å². The van der Waals surface area contributed by atoms with E-state index in [9.17, 15) is 19.8 Å². The van der Waals surface area contributed by atoms with Crippen molar-refractivity contribution in [2.75, 3.05) is 7.11 Å². The summed E-state index contributed by atoms with van der Waals surface area (Å²) in [6, 6.07) is 17.2. The standard InChI is InChI=1S/C31H34O5/c1-30(2)15-16-31(3,4)24-18-21(9-12-23(24)30)28-25(36-5)13-10-19(11-14-26(32)33)27(28)20-7-6-8-22(17-20)29(34)35/h6-10,12-13,17-18H,11,14-16H2,1-5H3,(H,32,33)(H,34,35). The van der Waals surface area contributed by atoms with Crippen molar-refractivity contribution in [2.24, 2.45) is 0 Å². The van der Waals surface area contributed by atoms with Gasteiger partial charge in [0.15, 0.2) is 0 Å². The van der Waals surface area contributed by atoms with Crippen molar-refractivity contribution in [3.8, 4) is 28.0 Å². The Morgan fingerprint density at radius 2 is 1.50 bits per heavy atom. The van der Waals surface area contributed by atoms with Crippen LogP contribution >= 0.6 is 0 Å². The van der Waals surface area contributed by atoms with Crippen molar-refractivity contribution in [2.45, 2.75) is 64.2 Å². The minimum absolute atomic E-state index is 0.0123. The highest BCUT2D eigenvalue weighted by atomic mass is 16.5. The molecule has 0 spiro atoms. The molecule has 0 radical (unpaired) electrons. The van der Waals surface area contributed by atoms with Gasteiger partial charge in [0.2, 0.25) is 0 Å². The van der Waals surface area contributed by atoms with Crippen LogP contribution in [-0.4, -0.2) is 29.3 Å². The maximum absolute atomic E-state index is 11.8. The van der Waals surface area contributed by atoms with Crippen molar-refractivity contribution in [3.63, 3.8) is 0 Å². The highest BCUT2D eigenvalue weighted by molar-refractivity contribution is 5.94. The number of aliphatic carboxylic acids is 1. The van der Waals surface area contributed by atoms with E-state index >= 15 is 0 Å². The second kappa shape index (κ2) is 9.45. The summed E-state index contributed by atoms with van der Waals surface area (Å²) in [7, 11) is 1.62. The number of rotatable bonds is 7. The highest BCUT2D eigenvalue weighted by Gasteiger charge is 2.37. The van der Waals surface area contributed by atoms with Crippen LogP contribution in [0.4, 0.5) is 0 Å². The number of benzene rings is 3. The molecule has 1 aliphatic carbocycles. The van der Waals surface area contributed by atoms with E-state index in [1.54, 1.807) is 25.3 Å². The van der Waals surface area contributed by atoms with E-state index in [1.807, 2.05) is 18.2 Å². The van der Waals surface area contributed by atoms with Crippen LogP contribution in [0.2, 0.25) is 0 Å². The van der Waals surface area contributed by atoms with Crippen LogP contribution in [0.25, 0.3) is 22.3 Å². The van der Waals surface area contributed by atoms with Gasteiger partial charge in [-0.2, -0.15) is 0 Å². The highest BCUT2D eigenvalue weighted by Crippen LogP contribution is 2.49. The van der Waals surface area contributed by atoms with Crippen molar-refractivity contribution in [1.82, 2.24) is 0 Å². The molecule has 0 amide bonds. The summed E-state index contributed by atoms with van der Waals surface area (Å²) in [5, 5.41) is 19.0. The second-order valence-corrected chi connectivity index (χ2v) is 11.0. The Morgan fingerprint density at radius 1 is 0.833 bits per heavy atom. The van der Waals surface area contributed by atoms with Gasteiger partial charge in [0.05, 0.1) is 12.7 Å². The van der Waals surface area contributed by atoms with Crippen LogP contribution < -0.4 is 4.74 Å². The van der Waals surface area contributed by atoms with Crippen LogP contribution in [0.5, 0.6) is 5.75 Å². The predicted octanol–water partition coefficient (Wildman–Crippen LogP) is 7.09. The van der Waals surface area contributed by atoms with Crippen molar-refractivity contribution in [3.05, 3.63) is 76.9 Å². The van der Waals surface area contributed by atoms with Gasteiger partial charge in [-0.3, -0.25) is 4.79 Å². The van der Waals surface area contributed by atoms with Gasteiger partial charge in [-0.1, -0.05) is 64.1 Å². The molecule has 0 saturated carbocycles. The molecule has 0 saturated heterocycles. The van der Waals surface area contributed by atoms with E-state index in [0.717, 1.165) is 40.7 Å². The smallest absolute Gasteiger partial charge is 0.335 e. The third kappa shape index (κ3) is 4.75. The molecule has 2 N–H and O–H groups in total. The Balaban J connectivity index is 2.03. The first-order valence-corrected chi connectivity index (χ1v) is 12.4. The molecular weight excluding hydrogens is 452 g/mol. The molecule has 5 nitrogen and oxygen atoms in total. The summed E-state index contributed by atoms with van der Waals surface area (Å²) in [4.78, 5) is 23.2. The van der Waals surface area contributed by atoms with E-state index in [1.165, 1.54) is 11.1 Å². The summed E-state index contributed by atoms with van der Waals surface area (Å²) < 4.78 is 5.82. The van der Waals surface area contributed by atoms with Crippen LogP contribution in [0.3, 0.4) is 0 Å². The normalized spacial score (nSPS) is 15.7. The van der Waals surface area contributed by atoms with Gasteiger partial charge in [-0.05, 0) is 81.7 Å². The van der Waals surface area contributed by atoms with E-state index in [-0.39, 0.29) is 22.8 Å². The minimum Gasteiger partial charge on any atom is -0.496 e. The fourth-order valence-electron chi connectivity index (χ4n) is 5.41. The van der Waals surface area contributed by atoms with E-state index in [4.69, 9.17) is 4.74 Å². The summed E-state index contributed by atoms with van der Waals surface area (Å²) in [5.74, 6) is -1.22. The van der Waals surface area contributed by atoms with Crippen LogP contribution in [-0.2, 0) is 22.0 Å². The molecule has 0 unspecified atom stereocenters. The number of carboxylic acid groups (broad SMARTS) is 2. The third-order valence-electron chi connectivity index (χ3n) is 7.62. The Bertz CT molecular complexity index is 1330. The van der Waals surface area contributed by atoms with Crippen LogP contribution in [0, 0.1) is 0 Å². The Labute approximate surface area is 212 Å². The Kier molecular flexibility index (Phi) is 6.70. The molecule has 36 heavy (non-hydrogen) atoms. The van der Waals surface area contributed by atoms with Gasteiger partial charge in [0, 0.05) is 12.0 Å². The van der Waals surface area contributed by atoms with Crippen LogP contribution in [0.1, 0.15) is 74.0 Å². The average molecular weight is 487 g/mol. The summed E-state index contributed by atoms with van der Waals surface area (Å²) in [6.45, 7) is 9.14. The number of carboxylic acids is 2. The monoisotopic (exact) mass is 486 g/mol. The molecule has 0 aromatic heterocycles. The first kappa shape index (κ1) is 25.5. The zero-order valence-corrected chi connectivity index (χ0v) is 21.6. The van der Waals surface area contributed by atoms with Crippen LogP contribution in [0.15, 0.2) is 54.6 Å². The van der Waals surface area contributed by atoms with E-state index < -0.39 is 11.9 Å². The molecule has 3 aromatic carbocycles. The molecule has 0 bridgehead atoms. The number of fused-ring (bicyclic) bond motifs is 1. The molecule has 188 valence electrons. The van der Waals surface area contributed by atoms with Gasteiger partial charge in [-0.15, -0.1) is 0 Å². The first-order valence-electron chi connectivity index (χ1n) is 12.4. The largest absolute Gasteiger partial charge is 0.496 e. The second-order valence-electron chi connectivity index (χ2n) is 11.0. The van der Waals surface area contributed by atoms with Crippen molar-refractivity contribution < 1.29 is 24.5 Å². The summed E-state index contributed by atoms with van der Waals surface area (Å²) in [6.07, 6.45) is 2.50. The number of methoxy groups -OCH3 is 1. The molecule has 0 aliphatic heterocycles. The molecule has 1 aliphatic rings. The van der Waals surface area contributed by atoms with E-state index in [0.29, 0.717) is 12.2 Å². The van der Waals surface area contributed by atoms with Gasteiger partial charge in [0.25, 0.3) is 0 Å². The molecule has 3 aromatic rings. The lowest BCUT2D eigenvalue weighted by molar-refractivity contribution is -0.136. The number of ether oxygens (including phenoxy) is 1. The quantitative estimate of drug-likeness (QED) is 0.372. The lowest BCUT2D eigenvalue weighted by Crippen LogP contribution is -2.33. The zero-order chi connectivity index (χ0) is 26.3. The molecule has 0 atom stereocenters. The fraction of sp³-hybridized carbons (Fsp3) is 0.355. The molecule has 0 fully saturated rings. The number of hydrogen-bond donors (Lipinski definition) is 2.